The van der Waals surface area contributed by atoms with Crippen LogP contribution in [0.5, 0.6) is 0 Å². The second kappa shape index (κ2) is 46.3. The molecule has 6 nitrogen and oxygen atoms in total. The number of esters is 3. The predicted molar refractivity (Wildman–Crippen MR) is 242 cm³/mol. The Labute approximate surface area is 353 Å². The Morgan fingerprint density at radius 1 is 0.351 bits per heavy atom. The molecule has 0 N–H and O–H groups in total. The van der Waals surface area contributed by atoms with Gasteiger partial charge in [-0.25, -0.2) is 0 Å². The first-order chi connectivity index (χ1) is 28.0. The molecule has 0 aliphatic rings. The van der Waals surface area contributed by atoms with E-state index < -0.39 is 6.10 Å². The molecule has 0 aliphatic heterocycles. The maximum atomic E-state index is 12.7. The highest BCUT2D eigenvalue weighted by molar-refractivity contribution is 5.71. The molecule has 0 aliphatic carbocycles. The standard InChI is InChI=1S/C51H92O6/c1-4-7-10-13-15-17-19-20-21-22-23-24-25-26-27-28-29-30-32-33-35-38-41-44-50(53)56-47-48(46-55-49(52)43-40-37-12-9-6-3)57-51(54)45-42-39-36-34-31-18-16-14-11-8-5-2/h19-20,22-23,25-26,48H,4-18,21,24,27-47H2,1-3H3/b20-19-,23-22-,26-25-. The molecule has 0 heterocycles. The second-order valence-corrected chi connectivity index (χ2v) is 16.4. The molecule has 0 spiro atoms. The van der Waals surface area contributed by atoms with Crippen LogP contribution in [0.4, 0.5) is 0 Å². The molecular weight excluding hydrogens is 709 g/mol. The summed E-state index contributed by atoms with van der Waals surface area (Å²) >= 11 is 0. The van der Waals surface area contributed by atoms with Crippen molar-refractivity contribution in [2.24, 2.45) is 0 Å². The normalized spacial score (nSPS) is 12.3. The zero-order valence-corrected chi connectivity index (χ0v) is 37.9. The molecule has 0 saturated carbocycles. The lowest BCUT2D eigenvalue weighted by Gasteiger charge is -2.18. The first-order valence-electron chi connectivity index (χ1n) is 24.5. The highest BCUT2D eigenvalue weighted by atomic mass is 16.6. The van der Waals surface area contributed by atoms with Crippen LogP contribution in [0.15, 0.2) is 36.5 Å². The number of ether oxygens (including phenoxy) is 3. The SMILES string of the molecule is CCCCCCC/C=C\C/C=C\C/C=C\CCCCCCCCCCC(=O)OCC(COC(=O)CCCCCCC)OC(=O)CCCCCCCCCCCCC. The number of unbranched alkanes of at least 4 members (excludes halogenated alkanes) is 27. The Hall–Kier alpha value is -2.37. The molecular formula is C51H92O6. The topological polar surface area (TPSA) is 78.9 Å². The van der Waals surface area contributed by atoms with Gasteiger partial charge < -0.3 is 14.2 Å². The van der Waals surface area contributed by atoms with Crippen molar-refractivity contribution in [1.82, 2.24) is 0 Å². The first kappa shape index (κ1) is 54.6. The average Bonchev–Trinajstić information content (AvgIpc) is 3.21. The number of hydrogen-bond donors (Lipinski definition) is 0. The van der Waals surface area contributed by atoms with Crippen molar-refractivity contribution in [3.8, 4) is 0 Å². The van der Waals surface area contributed by atoms with Crippen LogP contribution >= 0.6 is 0 Å². The maximum absolute atomic E-state index is 12.7. The molecule has 0 fully saturated rings. The van der Waals surface area contributed by atoms with E-state index in [4.69, 9.17) is 14.2 Å². The Bertz CT molecular complexity index is 969. The van der Waals surface area contributed by atoms with Gasteiger partial charge in [0.2, 0.25) is 0 Å². The molecule has 6 heteroatoms. The van der Waals surface area contributed by atoms with E-state index >= 15 is 0 Å². The van der Waals surface area contributed by atoms with E-state index in [9.17, 15) is 14.4 Å². The van der Waals surface area contributed by atoms with E-state index in [1.807, 2.05) is 0 Å². The van der Waals surface area contributed by atoms with E-state index in [1.54, 1.807) is 0 Å². The lowest BCUT2D eigenvalue weighted by atomic mass is 10.1. The Balaban J connectivity index is 4.10. The highest BCUT2D eigenvalue weighted by Gasteiger charge is 2.19. The van der Waals surface area contributed by atoms with E-state index in [0.717, 1.165) is 83.5 Å². The monoisotopic (exact) mass is 801 g/mol. The van der Waals surface area contributed by atoms with E-state index in [1.165, 1.54) is 128 Å². The van der Waals surface area contributed by atoms with Crippen molar-refractivity contribution in [3.05, 3.63) is 36.5 Å². The van der Waals surface area contributed by atoms with Crippen LogP contribution < -0.4 is 0 Å². The third-order valence-corrected chi connectivity index (χ3v) is 10.6. The largest absolute Gasteiger partial charge is 0.462 e. The molecule has 1 unspecified atom stereocenters. The highest BCUT2D eigenvalue weighted by Crippen LogP contribution is 2.15. The Morgan fingerprint density at radius 2 is 0.632 bits per heavy atom. The minimum atomic E-state index is -0.766. The third-order valence-electron chi connectivity index (χ3n) is 10.6. The molecule has 0 aromatic rings. The van der Waals surface area contributed by atoms with Gasteiger partial charge in [0.1, 0.15) is 13.2 Å². The number of hydrogen-bond acceptors (Lipinski definition) is 6. The summed E-state index contributed by atoms with van der Waals surface area (Å²) in [6, 6.07) is 0. The smallest absolute Gasteiger partial charge is 0.306 e. The molecule has 0 saturated heterocycles. The Kier molecular flexibility index (Phi) is 44.4. The molecule has 332 valence electrons. The zero-order valence-electron chi connectivity index (χ0n) is 37.9. The summed E-state index contributed by atoms with van der Waals surface area (Å²) in [4.78, 5) is 37.5. The van der Waals surface area contributed by atoms with Crippen LogP contribution in [-0.2, 0) is 28.6 Å². The Morgan fingerprint density at radius 3 is 0.982 bits per heavy atom. The van der Waals surface area contributed by atoms with Crippen molar-refractivity contribution >= 4 is 17.9 Å². The van der Waals surface area contributed by atoms with Crippen molar-refractivity contribution in [2.75, 3.05) is 13.2 Å². The van der Waals surface area contributed by atoms with Gasteiger partial charge >= 0.3 is 17.9 Å². The minimum Gasteiger partial charge on any atom is -0.462 e. The van der Waals surface area contributed by atoms with E-state index in [2.05, 4.69) is 57.2 Å². The second-order valence-electron chi connectivity index (χ2n) is 16.4. The molecule has 0 aromatic carbocycles. The van der Waals surface area contributed by atoms with Gasteiger partial charge in [-0.05, 0) is 57.8 Å². The van der Waals surface area contributed by atoms with Crippen molar-refractivity contribution < 1.29 is 28.6 Å². The fourth-order valence-electron chi connectivity index (χ4n) is 6.92. The number of carbonyl (C=O) groups is 3. The molecule has 0 radical (unpaired) electrons. The van der Waals surface area contributed by atoms with Gasteiger partial charge in [-0.15, -0.1) is 0 Å². The van der Waals surface area contributed by atoms with Crippen LogP contribution in [-0.4, -0.2) is 37.2 Å². The summed E-state index contributed by atoms with van der Waals surface area (Å²) in [5, 5.41) is 0. The molecule has 0 rings (SSSR count). The van der Waals surface area contributed by atoms with Gasteiger partial charge in [0.05, 0.1) is 0 Å². The number of carbonyl (C=O) groups excluding carboxylic acids is 3. The fraction of sp³-hybridized carbons (Fsp3) is 0.824. The predicted octanol–water partition coefficient (Wildman–Crippen LogP) is 15.8. The van der Waals surface area contributed by atoms with Crippen LogP contribution in [0.2, 0.25) is 0 Å². The quantitative estimate of drug-likeness (QED) is 0.0264. The van der Waals surface area contributed by atoms with Crippen molar-refractivity contribution in [3.63, 3.8) is 0 Å². The summed E-state index contributed by atoms with van der Waals surface area (Å²) in [5.41, 5.74) is 0. The average molecular weight is 801 g/mol. The molecule has 0 bridgehead atoms. The summed E-state index contributed by atoms with van der Waals surface area (Å²) in [5.74, 6) is -0.890. The van der Waals surface area contributed by atoms with E-state index in [0.29, 0.717) is 19.3 Å². The summed E-state index contributed by atoms with van der Waals surface area (Å²) < 4.78 is 16.6. The summed E-state index contributed by atoms with van der Waals surface area (Å²) in [7, 11) is 0. The third kappa shape index (κ3) is 44.6. The van der Waals surface area contributed by atoms with Gasteiger partial charge in [0.15, 0.2) is 6.10 Å². The molecule has 57 heavy (non-hydrogen) atoms. The van der Waals surface area contributed by atoms with Crippen LogP contribution in [0.1, 0.15) is 252 Å². The molecule has 0 amide bonds. The first-order valence-corrected chi connectivity index (χ1v) is 24.5. The lowest BCUT2D eigenvalue weighted by molar-refractivity contribution is -0.167. The molecule has 0 aromatic heterocycles. The van der Waals surface area contributed by atoms with Gasteiger partial charge in [0, 0.05) is 19.3 Å². The lowest BCUT2D eigenvalue weighted by Crippen LogP contribution is -2.30. The summed E-state index contributed by atoms with van der Waals surface area (Å²) in [6.07, 6.45) is 53.1. The van der Waals surface area contributed by atoms with Gasteiger partial charge in [-0.1, -0.05) is 211 Å². The van der Waals surface area contributed by atoms with Gasteiger partial charge in [-0.2, -0.15) is 0 Å². The maximum Gasteiger partial charge on any atom is 0.306 e. The van der Waals surface area contributed by atoms with Crippen LogP contribution in [0, 0.1) is 0 Å². The number of allylic oxidation sites excluding steroid dienone is 6. The van der Waals surface area contributed by atoms with Crippen molar-refractivity contribution in [1.29, 1.82) is 0 Å². The van der Waals surface area contributed by atoms with Crippen molar-refractivity contribution in [2.45, 2.75) is 258 Å². The number of rotatable bonds is 44. The van der Waals surface area contributed by atoms with Gasteiger partial charge in [0.25, 0.3) is 0 Å². The molecule has 1 atom stereocenters. The minimum absolute atomic E-state index is 0.0733. The van der Waals surface area contributed by atoms with Gasteiger partial charge in [-0.3, -0.25) is 14.4 Å². The van der Waals surface area contributed by atoms with E-state index in [-0.39, 0.29) is 31.1 Å². The summed E-state index contributed by atoms with van der Waals surface area (Å²) in [6.45, 7) is 6.53. The fourth-order valence-corrected chi connectivity index (χ4v) is 6.92. The zero-order chi connectivity index (χ0) is 41.5. The van der Waals surface area contributed by atoms with Crippen LogP contribution in [0.25, 0.3) is 0 Å². The van der Waals surface area contributed by atoms with Crippen LogP contribution in [0.3, 0.4) is 0 Å².